The minimum Gasteiger partial charge on any atom is -0.480 e. The zero-order valence-corrected chi connectivity index (χ0v) is 15.4. The van der Waals surface area contributed by atoms with Crippen LogP contribution in [0.4, 0.5) is 0 Å². The van der Waals surface area contributed by atoms with E-state index in [2.05, 4.69) is 17.6 Å². The second kappa shape index (κ2) is 13.8. The number of amides is 2. The van der Waals surface area contributed by atoms with Gasteiger partial charge < -0.3 is 15.7 Å². The minimum atomic E-state index is -1.07. The highest BCUT2D eigenvalue weighted by Crippen LogP contribution is 2.09. The first-order chi connectivity index (χ1) is 11.4. The second-order valence-corrected chi connectivity index (χ2v) is 6.63. The van der Waals surface area contributed by atoms with Gasteiger partial charge in [0.15, 0.2) is 0 Å². The Kier molecular flexibility index (Phi) is 12.9. The molecule has 2 amide bonds. The van der Waals surface area contributed by atoms with Crippen LogP contribution >= 0.6 is 0 Å². The predicted octanol–water partition coefficient (Wildman–Crippen LogP) is 2.86. The van der Waals surface area contributed by atoms with Crippen LogP contribution in [0, 0.1) is 5.92 Å². The van der Waals surface area contributed by atoms with Gasteiger partial charge >= 0.3 is 5.97 Å². The molecule has 0 fully saturated rings. The zero-order chi connectivity index (χ0) is 18.4. The Morgan fingerprint density at radius 3 is 1.92 bits per heavy atom. The first-order valence-electron chi connectivity index (χ1n) is 9.17. The van der Waals surface area contributed by atoms with E-state index in [4.69, 9.17) is 5.11 Å². The molecule has 6 nitrogen and oxygen atoms in total. The third-order valence-electron chi connectivity index (χ3n) is 3.95. The van der Waals surface area contributed by atoms with E-state index >= 15 is 0 Å². The van der Waals surface area contributed by atoms with Crippen molar-refractivity contribution in [2.45, 2.75) is 84.6 Å². The summed E-state index contributed by atoms with van der Waals surface area (Å²) in [5, 5.41) is 14.0. The van der Waals surface area contributed by atoms with E-state index in [0.717, 1.165) is 19.3 Å². The van der Waals surface area contributed by atoms with Crippen LogP contribution in [-0.2, 0) is 14.4 Å². The van der Waals surface area contributed by atoms with Crippen molar-refractivity contribution in [2.24, 2.45) is 5.92 Å². The number of nitrogens with one attached hydrogen (secondary N) is 2. The largest absolute Gasteiger partial charge is 0.480 e. The number of hydrogen-bond donors (Lipinski definition) is 3. The van der Waals surface area contributed by atoms with Crippen molar-refractivity contribution in [2.75, 3.05) is 6.54 Å². The fourth-order valence-electron chi connectivity index (χ4n) is 2.42. The van der Waals surface area contributed by atoms with Crippen LogP contribution in [0.1, 0.15) is 78.6 Å². The van der Waals surface area contributed by atoms with Gasteiger partial charge in [-0.15, -0.1) is 0 Å². The lowest BCUT2D eigenvalue weighted by Gasteiger charge is -2.17. The minimum absolute atomic E-state index is 0.160. The molecular formula is C18H34N2O4. The number of hydrogen-bond acceptors (Lipinski definition) is 3. The molecule has 0 spiro atoms. The molecule has 0 aromatic carbocycles. The Balaban J connectivity index is 3.71. The maximum absolute atomic E-state index is 11.7. The highest BCUT2D eigenvalue weighted by atomic mass is 16.4. The van der Waals surface area contributed by atoms with Gasteiger partial charge in [0.1, 0.15) is 6.04 Å². The van der Waals surface area contributed by atoms with Gasteiger partial charge in [-0.2, -0.15) is 0 Å². The van der Waals surface area contributed by atoms with Gasteiger partial charge in [0.05, 0.1) is 6.54 Å². The van der Waals surface area contributed by atoms with Crippen LogP contribution in [0.5, 0.6) is 0 Å². The zero-order valence-electron chi connectivity index (χ0n) is 15.4. The highest BCUT2D eigenvalue weighted by Gasteiger charge is 2.23. The first kappa shape index (κ1) is 22.4. The average Bonchev–Trinajstić information content (AvgIpc) is 2.52. The maximum Gasteiger partial charge on any atom is 0.326 e. The summed E-state index contributed by atoms with van der Waals surface area (Å²) in [6, 6.07) is -0.929. The fraction of sp³-hybridized carbons (Fsp3) is 0.833. The van der Waals surface area contributed by atoms with E-state index in [1.54, 1.807) is 13.8 Å². The number of carboxylic acid groups (broad SMARTS) is 1. The van der Waals surface area contributed by atoms with Crippen LogP contribution in [0.3, 0.4) is 0 Å². The Morgan fingerprint density at radius 2 is 1.42 bits per heavy atom. The van der Waals surface area contributed by atoms with E-state index in [0.29, 0.717) is 6.42 Å². The van der Waals surface area contributed by atoms with Gasteiger partial charge in [-0.1, -0.05) is 65.7 Å². The molecule has 0 bridgehead atoms. The molecule has 0 saturated carbocycles. The van der Waals surface area contributed by atoms with E-state index in [1.165, 1.54) is 32.1 Å². The monoisotopic (exact) mass is 342 g/mol. The molecule has 3 N–H and O–H groups in total. The number of carbonyl (C=O) groups is 3. The lowest BCUT2D eigenvalue weighted by molar-refractivity contribution is -0.143. The average molecular weight is 342 g/mol. The summed E-state index contributed by atoms with van der Waals surface area (Å²) in [6.07, 6.45) is 9.73. The lowest BCUT2D eigenvalue weighted by atomic mass is 10.0. The first-order valence-corrected chi connectivity index (χ1v) is 9.17. The highest BCUT2D eigenvalue weighted by molar-refractivity contribution is 5.87. The van der Waals surface area contributed by atoms with Crippen molar-refractivity contribution in [3.05, 3.63) is 0 Å². The molecule has 0 aromatic heterocycles. The van der Waals surface area contributed by atoms with Crippen LogP contribution in [0.25, 0.3) is 0 Å². The molecular weight excluding hydrogens is 308 g/mol. The van der Waals surface area contributed by atoms with Crippen molar-refractivity contribution in [1.29, 1.82) is 0 Å². The summed E-state index contributed by atoms with van der Waals surface area (Å²) in [5.74, 6) is -1.91. The summed E-state index contributed by atoms with van der Waals surface area (Å²) >= 11 is 0. The van der Waals surface area contributed by atoms with Crippen molar-refractivity contribution < 1.29 is 19.5 Å². The predicted molar refractivity (Wildman–Crippen MR) is 94.6 cm³/mol. The van der Waals surface area contributed by atoms with Gasteiger partial charge in [0, 0.05) is 6.42 Å². The summed E-state index contributed by atoms with van der Waals surface area (Å²) < 4.78 is 0. The van der Waals surface area contributed by atoms with Crippen molar-refractivity contribution in [3.63, 3.8) is 0 Å². The topological polar surface area (TPSA) is 95.5 Å². The molecule has 0 unspecified atom stereocenters. The summed E-state index contributed by atoms with van der Waals surface area (Å²) in [4.78, 5) is 34.3. The number of carbonyl (C=O) groups excluding carboxylic acids is 2. The fourth-order valence-corrected chi connectivity index (χ4v) is 2.42. The smallest absolute Gasteiger partial charge is 0.326 e. The van der Waals surface area contributed by atoms with Gasteiger partial charge in [0.2, 0.25) is 11.8 Å². The molecule has 0 aliphatic heterocycles. The van der Waals surface area contributed by atoms with Crippen molar-refractivity contribution in [1.82, 2.24) is 10.6 Å². The molecule has 0 aromatic rings. The third kappa shape index (κ3) is 11.9. The lowest BCUT2D eigenvalue weighted by Crippen LogP contribution is -2.48. The normalized spacial score (nSPS) is 12.0. The van der Waals surface area contributed by atoms with Gasteiger partial charge in [0.25, 0.3) is 0 Å². The standard InChI is InChI=1S/C18H34N2O4/c1-4-5-6-7-8-9-10-11-12-15(21)19-13-16(22)20-17(14(2)3)18(23)24/h14,17H,4-13H2,1-3H3,(H,19,21)(H,20,22)(H,23,24)/t17-/m0/s1. The summed E-state index contributed by atoms with van der Waals surface area (Å²) in [5.41, 5.74) is 0. The molecule has 140 valence electrons. The number of unbranched alkanes of at least 4 members (excludes halogenated alkanes) is 7. The quantitative estimate of drug-likeness (QED) is 0.423. The van der Waals surface area contributed by atoms with Crippen LogP contribution in [-0.4, -0.2) is 35.5 Å². The van der Waals surface area contributed by atoms with Gasteiger partial charge in [-0.3, -0.25) is 9.59 Å². The van der Waals surface area contributed by atoms with Gasteiger partial charge in [-0.25, -0.2) is 4.79 Å². The molecule has 0 aliphatic carbocycles. The van der Waals surface area contributed by atoms with Gasteiger partial charge in [-0.05, 0) is 12.3 Å². The van der Waals surface area contributed by atoms with Crippen molar-refractivity contribution in [3.8, 4) is 0 Å². The van der Waals surface area contributed by atoms with Crippen LogP contribution in [0.2, 0.25) is 0 Å². The molecule has 24 heavy (non-hydrogen) atoms. The molecule has 1 atom stereocenters. The van der Waals surface area contributed by atoms with E-state index in [9.17, 15) is 14.4 Å². The third-order valence-corrected chi connectivity index (χ3v) is 3.95. The Bertz CT molecular complexity index is 383. The molecule has 6 heteroatoms. The Labute approximate surface area is 145 Å². The van der Waals surface area contributed by atoms with E-state index < -0.39 is 17.9 Å². The molecule has 0 rings (SSSR count). The number of rotatable bonds is 14. The van der Waals surface area contributed by atoms with Crippen molar-refractivity contribution >= 4 is 17.8 Å². The summed E-state index contributed by atoms with van der Waals surface area (Å²) in [6.45, 7) is 5.47. The molecule has 0 radical (unpaired) electrons. The number of carboxylic acids is 1. The maximum atomic E-state index is 11.7. The molecule has 0 heterocycles. The summed E-state index contributed by atoms with van der Waals surface area (Å²) in [7, 11) is 0. The van der Waals surface area contributed by atoms with E-state index in [-0.39, 0.29) is 18.4 Å². The van der Waals surface area contributed by atoms with Crippen LogP contribution < -0.4 is 10.6 Å². The number of aliphatic carboxylic acids is 1. The molecule has 0 aliphatic rings. The second-order valence-electron chi connectivity index (χ2n) is 6.63. The van der Waals surface area contributed by atoms with E-state index in [1.807, 2.05) is 0 Å². The SMILES string of the molecule is CCCCCCCCCCC(=O)NCC(=O)N[C@H](C(=O)O)C(C)C. The molecule has 0 saturated heterocycles. The Hall–Kier alpha value is -1.59. The van der Waals surface area contributed by atoms with Crippen LogP contribution in [0.15, 0.2) is 0 Å². The Morgan fingerprint density at radius 1 is 0.875 bits per heavy atom.